The number of rotatable bonds is 8. The van der Waals surface area contributed by atoms with Gasteiger partial charge >= 0.3 is 0 Å². The second-order valence-corrected chi connectivity index (χ2v) is 34.3. The predicted octanol–water partition coefficient (Wildman–Crippen LogP) is 7.15. The van der Waals surface area contributed by atoms with Crippen molar-refractivity contribution in [3.05, 3.63) is 131 Å². The van der Waals surface area contributed by atoms with Crippen LogP contribution in [-0.4, -0.2) is 32.1 Å². The van der Waals surface area contributed by atoms with E-state index in [9.17, 15) is 0 Å². The van der Waals surface area contributed by atoms with Gasteiger partial charge in [0.2, 0.25) is 0 Å². The SMILES string of the molecule is Cc1ccccc1[SiH](/C(=C(/c1ccccc1)[Si](C)(C)C)[Si](C)(C)C)[Si](C)(c1ccccc1)c1ccccc1. The van der Waals surface area contributed by atoms with Crippen LogP contribution in [0, 0.1) is 6.92 Å². The highest BCUT2D eigenvalue weighted by molar-refractivity contribution is 7.52. The van der Waals surface area contributed by atoms with E-state index in [1.165, 1.54) is 11.1 Å². The van der Waals surface area contributed by atoms with Crippen LogP contribution in [-0.2, 0) is 0 Å². The van der Waals surface area contributed by atoms with Crippen molar-refractivity contribution >= 4 is 52.8 Å². The molecule has 4 heteroatoms. The molecule has 0 aliphatic rings. The van der Waals surface area contributed by atoms with Crippen molar-refractivity contribution in [1.82, 2.24) is 0 Å². The number of benzene rings is 4. The van der Waals surface area contributed by atoms with Crippen molar-refractivity contribution in [2.45, 2.75) is 52.8 Å². The predicted molar refractivity (Wildman–Crippen MR) is 182 cm³/mol. The Balaban J connectivity index is 2.25. The fourth-order valence-electron chi connectivity index (χ4n) is 6.28. The van der Waals surface area contributed by atoms with Gasteiger partial charge in [-0.3, -0.25) is 0 Å². The average Bonchev–Trinajstić information content (AvgIpc) is 2.89. The Hall–Kier alpha value is -2.51. The summed E-state index contributed by atoms with van der Waals surface area (Å²) in [4.78, 5) is 1.90. The van der Waals surface area contributed by atoms with Crippen molar-refractivity contribution in [3.8, 4) is 0 Å². The van der Waals surface area contributed by atoms with E-state index < -0.39 is 32.1 Å². The highest BCUT2D eigenvalue weighted by atomic mass is 29.2. The lowest BCUT2D eigenvalue weighted by atomic mass is 10.2. The van der Waals surface area contributed by atoms with E-state index in [2.05, 4.69) is 168 Å². The van der Waals surface area contributed by atoms with Crippen LogP contribution in [0.3, 0.4) is 0 Å². The highest BCUT2D eigenvalue weighted by Crippen LogP contribution is 2.37. The van der Waals surface area contributed by atoms with Gasteiger partial charge in [0.1, 0.15) is 7.59 Å². The van der Waals surface area contributed by atoms with E-state index in [1.54, 1.807) is 20.8 Å². The van der Waals surface area contributed by atoms with E-state index >= 15 is 0 Å². The molecule has 0 N–H and O–H groups in total. The quantitative estimate of drug-likeness (QED) is 0.199. The number of aryl methyl sites for hydroxylation is 1. The second-order valence-electron chi connectivity index (χ2n) is 12.9. The summed E-state index contributed by atoms with van der Waals surface area (Å²) < 4.78 is 0. The molecule has 0 spiro atoms. The maximum absolute atomic E-state index is 2.70. The Labute approximate surface area is 235 Å². The monoisotopic (exact) mass is 564 g/mol. The summed E-state index contributed by atoms with van der Waals surface area (Å²) in [6.07, 6.45) is 0. The van der Waals surface area contributed by atoms with E-state index in [1.807, 2.05) is 4.82 Å². The lowest BCUT2D eigenvalue weighted by Gasteiger charge is -2.45. The van der Waals surface area contributed by atoms with Crippen LogP contribution >= 0.6 is 0 Å². The normalized spacial score (nSPS) is 14.1. The van der Waals surface area contributed by atoms with Gasteiger partial charge in [0.05, 0.1) is 24.5 Å². The first-order valence-corrected chi connectivity index (χ1v) is 26.4. The van der Waals surface area contributed by atoms with E-state index in [4.69, 9.17) is 0 Å². The van der Waals surface area contributed by atoms with E-state index in [-0.39, 0.29) is 0 Å². The van der Waals surface area contributed by atoms with Gasteiger partial charge in [-0.15, -0.1) is 0 Å². The van der Waals surface area contributed by atoms with Crippen molar-refractivity contribution in [3.63, 3.8) is 0 Å². The first-order valence-electron chi connectivity index (χ1n) is 13.9. The second kappa shape index (κ2) is 11.3. The van der Waals surface area contributed by atoms with Crippen molar-refractivity contribution in [2.24, 2.45) is 0 Å². The van der Waals surface area contributed by atoms with Gasteiger partial charge in [0, 0.05) is 0 Å². The van der Waals surface area contributed by atoms with Crippen molar-refractivity contribution in [1.29, 1.82) is 0 Å². The van der Waals surface area contributed by atoms with Gasteiger partial charge < -0.3 is 0 Å². The Morgan fingerprint density at radius 2 is 0.921 bits per heavy atom. The zero-order chi connectivity index (χ0) is 27.6. The van der Waals surface area contributed by atoms with Crippen LogP contribution < -0.4 is 15.6 Å². The molecule has 0 heterocycles. The minimum absolute atomic E-state index is 1.47. The fourth-order valence-corrected chi connectivity index (χ4v) is 37.6. The van der Waals surface area contributed by atoms with Gasteiger partial charge in [-0.2, -0.15) is 0 Å². The molecule has 0 aliphatic carbocycles. The Bertz CT molecular complexity index is 1340. The summed E-state index contributed by atoms with van der Waals surface area (Å²) in [5, 5.41) is 6.54. The Kier molecular flexibility index (Phi) is 8.48. The van der Waals surface area contributed by atoms with Crippen LogP contribution in [0.1, 0.15) is 11.1 Å². The lowest BCUT2D eigenvalue weighted by molar-refractivity contribution is 1.51. The van der Waals surface area contributed by atoms with Crippen LogP contribution in [0.5, 0.6) is 0 Å². The molecule has 0 aliphatic heterocycles. The molecule has 196 valence electrons. The topological polar surface area (TPSA) is 0 Å². The van der Waals surface area contributed by atoms with Gasteiger partial charge in [-0.05, 0) is 12.5 Å². The number of hydrogen-bond donors (Lipinski definition) is 0. The van der Waals surface area contributed by atoms with Crippen LogP contribution in [0.15, 0.2) is 120 Å². The molecular formula is C34H44Si4. The number of hydrogen-bond acceptors (Lipinski definition) is 0. The van der Waals surface area contributed by atoms with Crippen molar-refractivity contribution in [2.75, 3.05) is 0 Å². The largest absolute Gasteiger partial charge is 0.114 e. The minimum atomic E-state index is -2.21. The van der Waals surface area contributed by atoms with Crippen LogP contribution in [0.2, 0.25) is 45.8 Å². The van der Waals surface area contributed by atoms with E-state index in [0.717, 1.165) is 0 Å². The molecule has 0 fully saturated rings. The molecule has 1 unspecified atom stereocenters. The third-order valence-corrected chi connectivity index (χ3v) is 30.4. The molecule has 38 heavy (non-hydrogen) atoms. The highest BCUT2D eigenvalue weighted by Gasteiger charge is 2.49. The standard InChI is InChI=1S/C34H44Si4/c1-28-20-18-19-27-32(28)35(38(8,30-23-14-10-15-24-30)31-25-16-11-17-26-31)34(37(5,6)7)33(36(2,3)4)29-21-12-9-13-22-29/h9-27,35H,1-8H3/b34-33+. The molecule has 0 aromatic heterocycles. The zero-order valence-corrected chi connectivity index (χ0v) is 28.7. The molecule has 4 rings (SSSR count). The molecule has 1 atom stereocenters. The molecule has 0 saturated carbocycles. The molecule has 0 nitrogen and oxygen atoms in total. The lowest BCUT2D eigenvalue weighted by Crippen LogP contribution is -2.73. The summed E-state index contributed by atoms with van der Waals surface area (Å²) in [6, 6.07) is 44.0. The molecule has 0 saturated heterocycles. The Morgan fingerprint density at radius 3 is 1.34 bits per heavy atom. The molecule has 0 bridgehead atoms. The van der Waals surface area contributed by atoms with Crippen molar-refractivity contribution < 1.29 is 0 Å². The first-order chi connectivity index (χ1) is 18.0. The smallest absolute Gasteiger partial charge is 0.0905 e. The summed E-state index contributed by atoms with van der Waals surface area (Å²) in [5.41, 5.74) is 2.93. The van der Waals surface area contributed by atoms with E-state index in [0.29, 0.717) is 0 Å². The zero-order valence-electron chi connectivity index (χ0n) is 24.5. The van der Waals surface area contributed by atoms with Gasteiger partial charge in [-0.25, -0.2) is 0 Å². The molecular weight excluding hydrogens is 521 g/mol. The summed E-state index contributed by atoms with van der Waals surface area (Å²) in [6.45, 7) is 20.6. The minimum Gasteiger partial charge on any atom is -0.0905 e. The maximum atomic E-state index is 2.70. The summed E-state index contributed by atoms with van der Waals surface area (Å²) in [7, 11) is -7.48. The Morgan fingerprint density at radius 1 is 0.500 bits per heavy atom. The first kappa shape index (κ1) is 28.5. The molecule has 4 aromatic rings. The molecule has 4 aromatic carbocycles. The maximum Gasteiger partial charge on any atom is 0.114 e. The summed E-state index contributed by atoms with van der Waals surface area (Å²) in [5.74, 6) is 0. The third kappa shape index (κ3) is 5.74. The van der Waals surface area contributed by atoms with Gasteiger partial charge in [-0.1, -0.05) is 192 Å². The summed E-state index contributed by atoms with van der Waals surface area (Å²) >= 11 is 0. The fraction of sp³-hybridized carbons (Fsp3) is 0.235. The molecule has 0 radical (unpaired) electrons. The third-order valence-electron chi connectivity index (χ3n) is 8.00. The average molecular weight is 565 g/mol. The van der Waals surface area contributed by atoms with Gasteiger partial charge in [0.15, 0.2) is 0 Å². The van der Waals surface area contributed by atoms with Crippen LogP contribution in [0.25, 0.3) is 5.20 Å². The molecule has 0 amide bonds. The van der Waals surface area contributed by atoms with Gasteiger partial charge in [0.25, 0.3) is 0 Å². The van der Waals surface area contributed by atoms with Crippen LogP contribution in [0.4, 0.5) is 0 Å².